The molecule has 1 fully saturated rings. The zero-order valence-corrected chi connectivity index (χ0v) is 13.0. The molecule has 3 rings (SSSR count). The normalized spacial score (nSPS) is 17.3. The molecule has 0 atom stereocenters. The lowest BCUT2D eigenvalue weighted by atomic mass is 10.2. The minimum atomic E-state index is -1.04. The van der Waals surface area contributed by atoms with Gasteiger partial charge in [-0.05, 0) is 53.7 Å². The number of hydrogen-bond donors (Lipinski definition) is 2. The highest BCUT2D eigenvalue weighted by atomic mass is 32.2. The van der Waals surface area contributed by atoms with Crippen molar-refractivity contribution < 1.29 is 19.1 Å². The van der Waals surface area contributed by atoms with Gasteiger partial charge in [0, 0.05) is 0 Å². The third-order valence-corrected chi connectivity index (χ3v) is 4.05. The molecule has 2 aromatic carbocycles. The number of nitrogens with zero attached hydrogens (tertiary/aromatic N) is 1. The van der Waals surface area contributed by atoms with Crippen LogP contribution in [0.1, 0.15) is 15.9 Å². The van der Waals surface area contributed by atoms with Crippen LogP contribution in [0.4, 0.5) is 10.1 Å². The Morgan fingerprint density at radius 2 is 1.96 bits per heavy atom. The van der Waals surface area contributed by atoms with E-state index in [4.69, 9.17) is 5.11 Å². The largest absolute Gasteiger partial charge is 0.478 e. The second-order valence-corrected chi connectivity index (χ2v) is 5.92. The fourth-order valence-corrected chi connectivity index (χ4v) is 2.86. The number of rotatable bonds is 3. The number of carboxylic acid groups (broad SMARTS) is 1. The van der Waals surface area contributed by atoms with Gasteiger partial charge in [-0.3, -0.25) is 4.79 Å². The average molecular weight is 342 g/mol. The van der Waals surface area contributed by atoms with Gasteiger partial charge in [0.2, 0.25) is 0 Å². The molecule has 0 unspecified atom stereocenters. The molecular weight excluding hydrogens is 331 g/mol. The second-order valence-electron chi connectivity index (χ2n) is 4.89. The Balaban J connectivity index is 1.82. The third kappa shape index (κ3) is 3.69. The van der Waals surface area contributed by atoms with Crippen LogP contribution in [0, 0.1) is 5.82 Å². The summed E-state index contributed by atoms with van der Waals surface area (Å²) in [6.07, 6.45) is 1.63. The van der Waals surface area contributed by atoms with Gasteiger partial charge < -0.3 is 10.4 Å². The zero-order valence-electron chi connectivity index (χ0n) is 12.2. The molecule has 1 aliphatic rings. The van der Waals surface area contributed by atoms with Gasteiger partial charge in [-0.1, -0.05) is 18.2 Å². The third-order valence-electron chi connectivity index (χ3n) is 3.14. The molecule has 1 heterocycles. The van der Waals surface area contributed by atoms with Gasteiger partial charge in [0.25, 0.3) is 5.91 Å². The summed E-state index contributed by atoms with van der Waals surface area (Å²) in [5.41, 5.74) is 1.25. The van der Waals surface area contributed by atoms with Gasteiger partial charge in [-0.2, -0.15) is 0 Å². The molecule has 24 heavy (non-hydrogen) atoms. The first kappa shape index (κ1) is 15.9. The van der Waals surface area contributed by atoms with E-state index in [1.165, 1.54) is 24.3 Å². The number of hydrogen-bond acceptors (Lipinski definition) is 4. The fourth-order valence-electron chi connectivity index (χ4n) is 2.02. The van der Waals surface area contributed by atoms with Gasteiger partial charge in [-0.15, -0.1) is 0 Å². The number of carbonyl (C=O) groups is 2. The summed E-state index contributed by atoms with van der Waals surface area (Å²) >= 11 is 1.14. The SMILES string of the molecule is O=C1NC(=Nc2cccc(C(=O)O)c2)S/C1=C\c1ccc(F)cc1. The number of amides is 1. The van der Waals surface area contributed by atoms with Crippen molar-refractivity contribution in [1.82, 2.24) is 5.32 Å². The van der Waals surface area contributed by atoms with Gasteiger partial charge in [0.1, 0.15) is 5.82 Å². The zero-order chi connectivity index (χ0) is 17.1. The van der Waals surface area contributed by atoms with Crippen molar-refractivity contribution in [3.63, 3.8) is 0 Å². The lowest BCUT2D eigenvalue weighted by Gasteiger charge is -1.98. The van der Waals surface area contributed by atoms with E-state index in [2.05, 4.69) is 10.3 Å². The molecule has 1 saturated heterocycles. The van der Waals surface area contributed by atoms with Crippen LogP contribution in [0.5, 0.6) is 0 Å². The molecule has 0 aliphatic carbocycles. The number of halogens is 1. The summed E-state index contributed by atoms with van der Waals surface area (Å²) in [6.45, 7) is 0. The molecule has 0 spiro atoms. The Bertz CT molecular complexity index is 876. The molecule has 0 saturated carbocycles. The summed E-state index contributed by atoms with van der Waals surface area (Å²) in [4.78, 5) is 27.6. The smallest absolute Gasteiger partial charge is 0.335 e. The summed E-state index contributed by atoms with van der Waals surface area (Å²) < 4.78 is 12.9. The molecule has 0 bridgehead atoms. The van der Waals surface area contributed by atoms with E-state index in [0.29, 0.717) is 21.3 Å². The number of nitrogens with one attached hydrogen (secondary N) is 1. The van der Waals surface area contributed by atoms with Crippen LogP contribution >= 0.6 is 11.8 Å². The monoisotopic (exact) mass is 342 g/mol. The molecule has 2 N–H and O–H groups in total. The molecule has 7 heteroatoms. The number of thioether (sulfide) groups is 1. The Labute approximate surface area is 140 Å². The average Bonchev–Trinajstić information content (AvgIpc) is 2.89. The first-order valence-electron chi connectivity index (χ1n) is 6.90. The Kier molecular flexibility index (Phi) is 4.43. The van der Waals surface area contributed by atoms with Gasteiger partial charge >= 0.3 is 5.97 Å². The van der Waals surface area contributed by atoms with E-state index in [9.17, 15) is 14.0 Å². The fraction of sp³-hybridized carbons (Fsp3) is 0. The van der Waals surface area contributed by atoms with Crippen LogP contribution in [0.15, 0.2) is 58.4 Å². The number of benzene rings is 2. The van der Waals surface area contributed by atoms with E-state index in [0.717, 1.165) is 11.8 Å². The number of aliphatic imine (C=N–C) groups is 1. The first-order chi connectivity index (χ1) is 11.5. The van der Waals surface area contributed by atoms with Crippen LogP contribution in [0.3, 0.4) is 0 Å². The Morgan fingerprint density at radius 1 is 1.21 bits per heavy atom. The van der Waals surface area contributed by atoms with Crippen molar-refractivity contribution in [2.75, 3.05) is 0 Å². The topological polar surface area (TPSA) is 78.8 Å². The van der Waals surface area contributed by atoms with Crippen molar-refractivity contribution in [2.24, 2.45) is 4.99 Å². The molecule has 1 amide bonds. The van der Waals surface area contributed by atoms with Crippen molar-refractivity contribution >= 4 is 40.6 Å². The minimum Gasteiger partial charge on any atom is -0.478 e. The van der Waals surface area contributed by atoms with Crippen molar-refractivity contribution in [1.29, 1.82) is 0 Å². The van der Waals surface area contributed by atoms with E-state index < -0.39 is 5.97 Å². The van der Waals surface area contributed by atoms with Crippen LogP contribution in [-0.2, 0) is 4.79 Å². The molecular formula is C17H11FN2O3S. The van der Waals surface area contributed by atoms with Crippen LogP contribution < -0.4 is 5.32 Å². The van der Waals surface area contributed by atoms with Gasteiger partial charge in [0.15, 0.2) is 5.17 Å². The number of carboxylic acids is 1. The van der Waals surface area contributed by atoms with Crippen molar-refractivity contribution in [3.05, 3.63) is 70.4 Å². The lowest BCUT2D eigenvalue weighted by Crippen LogP contribution is -2.19. The van der Waals surface area contributed by atoms with E-state index in [1.807, 2.05) is 0 Å². The summed E-state index contributed by atoms with van der Waals surface area (Å²) in [6, 6.07) is 11.9. The molecule has 2 aromatic rings. The van der Waals surface area contributed by atoms with E-state index in [-0.39, 0.29) is 17.3 Å². The predicted octanol–water partition coefficient (Wildman–Crippen LogP) is 3.42. The number of carbonyl (C=O) groups excluding carboxylic acids is 1. The highest BCUT2D eigenvalue weighted by Gasteiger charge is 2.23. The predicted molar refractivity (Wildman–Crippen MR) is 90.6 cm³/mol. The van der Waals surface area contributed by atoms with Crippen LogP contribution in [0.2, 0.25) is 0 Å². The van der Waals surface area contributed by atoms with Gasteiger partial charge in [0.05, 0.1) is 16.2 Å². The van der Waals surface area contributed by atoms with Crippen LogP contribution in [-0.4, -0.2) is 22.2 Å². The van der Waals surface area contributed by atoms with Crippen LogP contribution in [0.25, 0.3) is 6.08 Å². The van der Waals surface area contributed by atoms with E-state index >= 15 is 0 Å². The highest BCUT2D eigenvalue weighted by Crippen LogP contribution is 2.28. The number of amidine groups is 1. The lowest BCUT2D eigenvalue weighted by molar-refractivity contribution is -0.115. The van der Waals surface area contributed by atoms with Crippen molar-refractivity contribution in [3.8, 4) is 0 Å². The second kappa shape index (κ2) is 6.67. The maximum atomic E-state index is 12.9. The number of aromatic carboxylic acids is 1. The summed E-state index contributed by atoms with van der Waals surface area (Å²) in [7, 11) is 0. The molecule has 0 aromatic heterocycles. The highest BCUT2D eigenvalue weighted by molar-refractivity contribution is 8.18. The maximum absolute atomic E-state index is 12.9. The first-order valence-corrected chi connectivity index (χ1v) is 7.71. The minimum absolute atomic E-state index is 0.119. The molecule has 1 aliphatic heterocycles. The molecule has 5 nitrogen and oxygen atoms in total. The quantitative estimate of drug-likeness (QED) is 0.838. The summed E-state index contributed by atoms with van der Waals surface area (Å²) in [5.74, 6) is -1.70. The molecule has 0 radical (unpaired) electrons. The standard InChI is InChI=1S/C17H11FN2O3S/c18-12-6-4-10(5-7-12)8-14-15(21)20-17(24-14)19-13-3-1-2-11(9-13)16(22)23/h1-9H,(H,22,23)(H,19,20,21)/b14-8-. The van der Waals surface area contributed by atoms with E-state index in [1.54, 1.807) is 30.3 Å². The molecule has 120 valence electrons. The van der Waals surface area contributed by atoms with Crippen molar-refractivity contribution in [2.45, 2.75) is 0 Å². The Morgan fingerprint density at radius 3 is 2.67 bits per heavy atom. The Hall–Kier alpha value is -2.93. The van der Waals surface area contributed by atoms with Gasteiger partial charge in [-0.25, -0.2) is 14.2 Å². The summed E-state index contributed by atoms with van der Waals surface area (Å²) in [5, 5.41) is 12.0. The maximum Gasteiger partial charge on any atom is 0.335 e.